The Kier molecular flexibility index (Phi) is 6.89. The molecule has 4 nitrogen and oxygen atoms in total. The third-order valence-corrected chi connectivity index (χ3v) is 3.42. The molecule has 0 amide bonds. The predicted molar refractivity (Wildman–Crippen MR) is 89.6 cm³/mol. The Morgan fingerprint density at radius 2 is 1.35 bits per heavy atom. The van der Waals surface area contributed by atoms with Crippen LogP contribution in [-0.4, -0.2) is 12.8 Å². The Balaban J connectivity index is 1.83. The summed E-state index contributed by atoms with van der Waals surface area (Å²) in [5.74, 6) is 0.853. The van der Waals surface area contributed by atoms with Gasteiger partial charge in [-0.3, -0.25) is 0 Å². The molecule has 0 spiro atoms. The van der Waals surface area contributed by atoms with Gasteiger partial charge in [-0.05, 0) is 55.0 Å². The molecule has 0 fully saturated rings. The zero-order valence-corrected chi connectivity index (χ0v) is 14.2. The van der Waals surface area contributed by atoms with Gasteiger partial charge in [-0.2, -0.15) is 13.2 Å². The Hall–Kier alpha value is -2.70. The number of hydrogen-bond acceptors (Lipinski definition) is 4. The summed E-state index contributed by atoms with van der Waals surface area (Å²) in [5, 5.41) is 0. The van der Waals surface area contributed by atoms with Crippen molar-refractivity contribution in [2.24, 2.45) is 0 Å². The largest absolute Gasteiger partial charge is 0.519 e. The van der Waals surface area contributed by atoms with Crippen LogP contribution in [0, 0.1) is 0 Å². The van der Waals surface area contributed by atoms with E-state index in [4.69, 9.17) is 14.2 Å². The second-order valence-electron chi connectivity index (χ2n) is 5.50. The van der Waals surface area contributed by atoms with Gasteiger partial charge in [0, 0.05) is 0 Å². The van der Waals surface area contributed by atoms with Gasteiger partial charge < -0.3 is 14.2 Å². The Morgan fingerprint density at radius 3 is 1.85 bits per heavy atom. The summed E-state index contributed by atoms with van der Waals surface area (Å²) < 4.78 is 52.8. The van der Waals surface area contributed by atoms with Crippen LogP contribution in [0.5, 0.6) is 17.2 Å². The molecule has 26 heavy (non-hydrogen) atoms. The standard InChI is InChI=1S/C19H19F3O4/c1-2-3-4-13-24-15-9-11-17(12-10-15)26-18(23)25-16-7-5-14(6-8-16)19(20,21)22/h5-12H,2-4,13H2,1H3. The maximum Gasteiger partial charge on any atom is 0.519 e. The van der Waals surface area contributed by atoms with Crippen molar-refractivity contribution in [3.05, 3.63) is 54.1 Å². The molecule has 2 aromatic rings. The molecule has 0 radical (unpaired) electrons. The van der Waals surface area contributed by atoms with Crippen molar-refractivity contribution in [3.63, 3.8) is 0 Å². The number of halogens is 3. The minimum absolute atomic E-state index is 0.0427. The number of ether oxygens (including phenoxy) is 3. The number of rotatable bonds is 7. The lowest BCUT2D eigenvalue weighted by molar-refractivity contribution is -0.137. The zero-order valence-electron chi connectivity index (χ0n) is 14.2. The van der Waals surface area contributed by atoms with Gasteiger partial charge in [-0.1, -0.05) is 19.8 Å². The first-order valence-corrected chi connectivity index (χ1v) is 8.18. The van der Waals surface area contributed by atoms with Crippen molar-refractivity contribution in [2.75, 3.05) is 6.61 Å². The fourth-order valence-electron chi connectivity index (χ4n) is 2.07. The topological polar surface area (TPSA) is 44.8 Å². The molecule has 0 aromatic heterocycles. The Morgan fingerprint density at radius 1 is 0.846 bits per heavy atom. The van der Waals surface area contributed by atoms with E-state index in [0.29, 0.717) is 12.4 Å². The van der Waals surface area contributed by atoms with E-state index in [0.717, 1.165) is 43.5 Å². The minimum Gasteiger partial charge on any atom is -0.494 e. The summed E-state index contributed by atoms with van der Waals surface area (Å²) in [7, 11) is 0. The van der Waals surface area contributed by atoms with Crippen LogP contribution in [0.3, 0.4) is 0 Å². The van der Waals surface area contributed by atoms with Gasteiger partial charge in [0.05, 0.1) is 12.2 Å². The highest BCUT2D eigenvalue weighted by Crippen LogP contribution is 2.30. The smallest absolute Gasteiger partial charge is 0.494 e. The Labute approximate surface area is 149 Å². The minimum atomic E-state index is -4.45. The highest BCUT2D eigenvalue weighted by Gasteiger charge is 2.30. The van der Waals surface area contributed by atoms with Gasteiger partial charge in [0.1, 0.15) is 17.2 Å². The van der Waals surface area contributed by atoms with Crippen molar-refractivity contribution < 1.29 is 32.2 Å². The molecular formula is C19H19F3O4. The summed E-state index contributed by atoms with van der Waals surface area (Å²) >= 11 is 0. The molecule has 0 N–H and O–H groups in total. The molecule has 2 rings (SSSR count). The van der Waals surface area contributed by atoms with Gasteiger partial charge in [0.2, 0.25) is 0 Å². The molecule has 0 heterocycles. The lowest BCUT2D eigenvalue weighted by Crippen LogP contribution is -2.14. The summed E-state index contributed by atoms with van der Waals surface area (Å²) in [6.45, 7) is 2.72. The van der Waals surface area contributed by atoms with E-state index in [-0.39, 0.29) is 11.5 Å². The number of alkyl halides is 3. The van der Waals surface area contributed by atoms with E-state index in [1.807, 2.05) is 0 Å². The van der Waals surface area contributed by atoms with Gasteiger partial charge in [-0.25, -0.2) is 4.79 Å². The quantitative estimate of drug-likeness (QED) is 0.349. The monoisotopic (exact) mass is 368 g/mol. The average molecular weight is 368 g/mol. The number of carbonyl (C=O) groups is 1. The van der Waals surface area contributed by atoms with Crippen LogP contribution in [0.15, 0.2) is 48.5 Å². The van der Waals surface area contributed by atoms with Crippen molar-refractivity contribution >= 4 is 6.16 Å². The molecule has 7 heteroatoms. The first-order valence-electron chi connectivity index (χ1n) is 8.18. The second kappa shape index (κ2) is 9.12. The lowest BCUT2D eigenvalue weighted by Gasteiger charge is -2.09. The molecule has 0 aliphatic rings. The van der Waals surface area contributed by atoms with Gasteiger partial charge in [0.15, 0.2) is 0 Å². The molecular weight excluding hydrogens is 349 g/mol. The zero-order chi connectivity index (χ0) is 19.0. The van der Waals surface area contributed by atoms with Crippen molar-refractivity contribution in [3.8, 4) is 17.2 Å². The predicted octanol–water partition coefficient (Wildman–Crippen LogP) is 5.85. The summed E-state index contributed by atoms with van der Waals surface area (Å²) in [6, 6.07) is 10.2. The first-order chi connectivity index (χ1) is 12.4. The summed E-state index contributed by atoms with van der Waals surface area (Å²) in [5.41, 5.74) is -0.826. The van der Waals surface area contributed by atoms with Crippen molar-refractivity contribution in [2.45, 2.75) is 32.4 Å². The molecule has 0 saturated carbocycles. The SMILES string of the molecule is CCCCCOc1ccc(OC(=O)Oc2ccc(C(F)(F)F)cc2)cc1. The number of unbranched alkanes of at least 4 members (excludes halogenated alkanes) is 2. The molecule has 140 valence electrons. The molecule has 2 aromatic carbocycles. The fraction of sp³-hybridized carbons (Fsp3) is 0.316. The molecule has 0 unspecified atom stereocenters. The number of hydrogen-bond donors (Lipinski definition) is 0. The van der Waals surface area contributed by atoms with Crippen molar-refractivity contribution in [1.29, 1.82) is 0 Å². The van der Waals surface area contributed by atoms with E-state index in [1.54, 1.807) is 24.3 Å². The van der Waals surface area contributed by atoms with Crippen LogP contribution in [-0.2, 0) is 6.18 Å². The second-order valence-corrected chi connectivity index (χ2v) is 5.50. The highest BCUT2D eigenvalue weighted by atomic mass is 19.4. The van der Waals surface area contributed by atoms with E-state index >= 15 is 0 Å². The van der Waals surface area contributed by atoms with E-state index in [1.165, 1.54) is 0 Å². The Bertz CT molecular complexity index is 694. The molecule has 0 atom stereocenters. The molecule has 0 aliphatic heterocycles. The van der Waals surface area contributed by atoms with E-state index in [9.17, 15) is 18.0 Å². The first kappa shape index (κ1) is 19.6. The van der Waals surface area contributed by atoms with Gasteiger partial charge in [-0.15, -0.1) is 0 Å². The fourth-order valence-corrected chi connectivity index (χ4v) is 2.07. The van der Waals surface area contributed by atoms with Crippen LogP contribution >= 0.6 is 0 Å². The number of benzene rings is 2. The van der Waals surface area contributed by atoms with Crippen LogP contribution in [0.25, 0.3) is 0 Å². The van der Waals surface area contributed by atoms with Crippen LogP contribution in [0.2, 0.25) is 0 Å². The lowest BCUT2D eigenvalue weighted by atomic mass is 10.2. The average Bonchev–Trinajstić information content (AvgIpc) is 2.60. The number of carbonyl (C=O) groups excluding carboxylic acids is 1. The van der Waals surface area contributed by atoms with Crippen molar-refractivity contribution in [1.82, 2.24) is 0 Å². The van der Waals surface area contributed by atoms with E-state index < -0.39 is 17.9 Å². The summed E-state index contributed by atoms with van der Waals surface area (Å²) in [6.07, 6.45) is -2.32. The highest BCUT2D eigenvalue weighted by molar-refractivity contribution is 5.67. The third-order valence-electron chi connectivity index (χ3n) is 3.42. The van der Waals surface area contributed by atoms with E-state index in [2.05, 4.69) is 6.92 Å². The maximum atomic E-state index is 12.5. The van der Waals surface area contributed by atoms with Gasteiger partial charge >= 0.3 is 12.3 Å². The molecule has 0 bridgehead atoms. The normalized spacial score (nSPS) is 11.1. The van der Waals surface area contributed by atoms with Crippen LogP contribution in [0.4, 0.5) is 18.0 Å². The maximum absolute atomic E-state index is 12.5. The van der Waals surface area contributed by atoms with Gasteiger partial charge in [0.25, 0.3) is 0 Å². The van der Waals surface area contributed by atoms with Crippen LogP contribution in [0.1, 0.15) is 31.7 Å². The third kappa shape index (κ3) is 6.31. The molecule has 0 saturated heterocycles. The summed E-state index contributed by atoms with van der Waals surface area (Å²) in [4.78, 5) is 11.7. The molecule has 0 aliphatic carbocycles. The van der Waals surface area contributed by atoms with Crippen LogP contribution < -0.4 is 14.2 Å².